The van der Waals surface area contributed by atoms with Gasteiger partial charge in [0, 0.05) is 6.54 Å². The van der Waals surface area contributed by atoms with E-state index in [1.165, 1.54) is 0 Å². The summed E-state index contributed by atoms with van der Waals surface area (Å²) in [6.45, 7) is 0.473. The fraction of sp³-hybridized carbons (Fsp3) is 0.308. The third-order valence-corrected chi connectivity index (χ3v) is 2.28. The Morgan fingerprint density at radius 2 is 1.61 bits per heavy atom. The fourth-order valence-electron chi connectivity index (χ4n) is 1.49. The van der Waals surface area contributed by atoms with Crippen LogP contribution in [0.2, 0.25) is 0 Å². The zero-order valence-electron chi connectivity index (χ0n) is 9.98. The summed E-state index contributed by atoms with van der Waals surface area (Å²) in [5.74, 6) is -0.961. The van der Waals surface area contributed by atoms with Gasteiger partial charge in [0.05, 0.1) is 5.29 Å². The van der Waals surface area contributed by atoms with E-state index in [1.807, 2.05) is 36.4 Å². The molecule has 1 atom stereocenters. The van der Waals surface area contributed by atoms with Crippen LogP contribution >= 0.6 is 0 Å². The first-order valence-corrected chi connectivity index (χ1v) is 5.41. The number of rotatable bonds is 2. The van der Waals surface area contributed by atoms with Gasteiger partial charge in [-0.1, -0.05) is 36.4 Å². The minimum Gasteiger partial charge on any atom is -0.480 e. The van der Waals surface area contributed by atoms with Crippen molar-refractivity contribution < 1.29 is 9.90 Å². The summed E-state index contributed by atoms with van der Waals surface area (Å²) in [5, 5.41) is 12.1. The maximum Gasteiger partial charge on any atom is 0.328 e. The van der Waals surface area contributed by atoms with Crippen LogP contribution in [0.3, 0.4) is 0 Å². The first-order valence-electron chi connectivity index (χ1n) is 5.41. The van der Waals surface area contributed by atoms with Crippen molar-refractivity contribution in [2.75, 3.05) is 6.54 Å². The lowest BCUT2D eigenvalue weighted by Gasteiger charge is -2.11. The van der Waals surface area contributed by atoms with Gasteiger partial charge in [-0.2, -0.15) is 0 Å². The molecule has 5 nitrogen and oxygen atoms in total. The number of nitroso groups, excluding NO2 is 1. The highest BCUT2D eigenvalue weighted by atomic mass is 16.4. The number of aliphatic carboxylic acids is 1. The molecule has 0 aromatic heterocycles. The highest BCUT2D eigenvalue weighted by molar-refractivity contribution is 5.73. The number of terminal acetylenes is 1. The summed E-state index contributed by atoms with van der Waals surface area (Å²) in [6.07, 6.45) is 9.27. The molecule has 1 aliphatic heterocycles. The smallest absolute Gasteiger partial charge is 0.328 e. The minimum absolute atomic E-state index is 0.473. The van der Waals surface area contributed by atoms with Gasteiger partial charge in [-0.15, -0.1) is 17.8 Å². The van der Waals surface area contributed by atoms with E-state index in [1.54, 1.807) is 0 Å². The van der Waals surface area contributed by atoms with E-state index < -0.39 is 12.0 Å². The van der Waals surface area contributed by atoms with Crippen molar-refractivity contribution in [3.8, 4) is 12.8 Å². The molecule has 0 aliphatic carbocycles. The van der Waals surface area contributed by atoms with Gasteiger partial charge in [-0.3, -0.25) is 0 Å². The van der Waals surface area contributed by atoms with E-state index in [0.29, 0.717) is 13.0 Å². The molecule has 1 aromatic carbocycles. The van der Waals surface area contributed by atoms with Gasteiger partial charge in [0.2, 0.25) is 0 Å². The van der Waals surface area contributed by atoms with Crippen molar-refractivity contribution >= 4 is 5.97 Å². The Kier molecular flexibility index (Phi) is 8.56. The summed E-state index contributed by atoms with van der Waals surface area (Å²) in [6, 6.07) is 11.3. The normalized spacial score (nSPS) is 16.6. The summed E-state index contributed by atoms with van der Waals surface area (Å²) >= 11 is 0. The molecule has 0 unspecified atom stereocenters. The molecule has 1 aliphatic rings. The lowest BCUT2D eigenvalue weighted by Crippen LogP contribution is -2.31. The Morgan fingerprint density at radius 1 is 1.17 bits per heavy atom. The van der Waals surface area contributed by atoms with Gasteiger partial charge in [-0.05, 0) is 12.8 Å². The van der Waals surface area contributed by atoms with Gasteiger partial charge < -0.3 is 5.11 Å². The summed E-state index contributed by atoms with van der Waals surface area (Å²) in [4.78, 5) is 20.3. The Bertz CT molecular complexity index is 338. The van der Waals surface area contributed by atoms with Crippen LogP contribution in [-0.4, -0.2) is 28.7 Å². The second-order valence-corrected chi connectivity index (χ2v) is 3.40. The highest BCUT2D eigenvalue weighted by Gasteiger charge is 2.30. The number of benzene rings is 1. The molecular weight excluding hydrogens is 232 g/mol. The average molecular weight is 248 g/mol. The molecule has 18 heavy (non-hydrogen) atoms. The van der Waals surface area contributed by atoms with Crippen LogP contribution < -0.4 is 0 Å². The fourth-order valence-corrected chi connectivity index (χ4v) is 1.49. The van der Waals surface area contributed by atoms with Crippen molar-refractivity contribution in [2.24, 2.45) is 5.29 Å². The number of carbonyl (C=O) groups is 1. The first kappa shape index (κ1) is 15.7. The molecule has 1 fully saturated rings. The van der Waals surface area contributed by atoms with E-state index in [9.17, 15) is 9.70 Å². The average Bonchev–Trinajstić information content (AvgIpc) is 2.92. The lowest BCUT2D eigenvalue weighted by molar-refractivity contribution is -0.142. The van der Waals surface area contributed by atoms with Crippen molar-refractivity contribution in [1.29, 1.82) is 0 Å². The maximum absolute atomic E-state index is 10.3. The second kappa shape index (κ2) is 9.85. The van der Waals surface area contributed by atoms with Gasteiger partial charge >= 0.3 is 5.97 Å². The van der Waals surface area contributed by atoms with Crippen LogP contribution in [0, 0.1) is 17.8 Å². The molecule has 1 N–H and O–H groups in total. The van der Waals surface area contributed by atoms with Crippen LogP contribution in [0.25, 0.3) is 0 Å². The van der Waals surface area contributed by atoms with E-state index in [0.717, 1.165) is 11.4 Å². The van der Waals surface area contributed by atoms with Crippen LogP contribution in [0.1, 0.15) is 12.8 Å². The Labute approximate surface area is 106 Å². The molecule has 1 saturated heterocycles. The Morgan fingerprint density at radius 3 is 1.89 bits per heavy atom. The van der Waals surface area contributed by atoms with E-state index in [2.05, 4.69) is 18.1 Å². The predicted molar refractivity (Wildman–Crippen MR) is 69.5 cm³/mol. The molecule has 1 heterocycles. The molecule has 0 amide bonds. The van der Waals surface area contributed by atoms with Crippen molar-refractivity contribution in [3.05, 3.63) is 41.3 Å². The zero-order valence-corrected chi connectivity index (χ0v) is 9.98. The molecule has 5 heteroatoms. The molecule has 1 aromatic rings. The zero-order chi connectivity index (χ0) is 13.8. The van der Waals surface area contributed by atoms with E-state index in [-0.39, 0.29) is 0 Å². The van der Waals surface area contributed by atoms with Crippen LogP contribution in [0.15, 0.2) is 41.7 Å². The van der Waals surface area contributed by atoms with Gasteiger partial charge in [-0.25, -0.2) is 9.80 Å². The van der Waals surface area contributed by atoms with E-state index in [4.69, 9.17) is 5.11 Å². The lowest BCUT2D eigenvalue weighted by atomic mass is 10.2. The molecule has 2 rings (SSSR count). The van der Waals surface area contributed by atoms with Crippen molar-refractivity contribution in [2.45, 2.75) is 18.9 Å². The van der Waals surface area contributed by atoms with Crippen molar-refractivity contribution in [3.63, 3.8) is 0 Å². The van der Waals surface area contributed by atoms with Crippen LogP contribution in [0.5, 0.6) is 0 Å². The summed E-state index contributed by atoms with van der Waals surface area (Å²) in [7, 11) is 0. The standard InChI is InChI=1S/C6H6.C5H8N2O3.C2H2/c1-2-4-6-5-3-1;8-5(9)4-2-1-3-7(4)6-10;1-2/h1-6H;4H,1-3H2,(H,8,9);1-2H/t;4-;/m.0./s1. The maximum atomic E-state index is 10.3. The molecule has 0 saturated carbocycles. The second-order valence-electron chi connectivity index (χ2n) is 3.40. The molecule has 96 valence electrons. The van der Waals surface area contributed by atoms with E-state index >= 15 is 0 Å². The first-order chi connectivity index (χ1) is 8.75. The number of nitrogens with zero attached hydrogens (tertiary/aromatic N) is 2. The minimum atomic E-state index is -0.961. The Balaban J connectivity index is 0.000000308. The quantitative estimate of drug-likeness (QED) is 0.643. The summed E-state index contributed by atoms with van der Waals surface area (Å²) < 4.78 is 0. The van der Waals surface area contributed by atoms with Crippen LogP contribution in [-0.2, 0) is 4.79 Å². The molecular formula is C13H16N2O3. The van der Waals surface area contributed by atoms with Gasteiger partial charge in [0.1, 0.15) is 6.04 Å². The number of carboxylic acid groups (broad SMARTS) is 1. The number of hydrogen-bond donors (Lipinski definition) is 1. The SMILES string of the molecule is C#C.O=NN1CCC[C@H]1C(=O)O.c1ccccc1. The third-order valence-electron chi connectivity index (χ3n) is 2.28. The highest BCUT2D eigenvalue weighted by Crippen LogP contribution is 2.16. The van der Waals surface area contributed by atoms with Gasteiger partial charge in [0.15, 0.2) is 0 Å². The molecule has 0 radical (unpaired) electrons. The number of hydrogen-bond acceptors (Lipinski definition) is 3. The predicted octanol–water partition coefficient (Wildman–Crippen LogP) is 2.15. The largest absolute Gasteiger partial charge is 0.480 e. The third kappa shape index (κ3) is 5.66. The molecule has 0 spiro atoms. The van der Waals surface area contributed by atoms with Crippen molar-refractivity contribution in [1.82, 2.24) is 5.01 Å². The topological polar surface area (TPSA) is 70.0 Å². The number of carboxylic acids is 1. The Hall–Kier alpha value is -2.35. The van der Waals surface area contributed by atoms with Gasteiger partial charge in [0.25, 0.3) is 0 Å². The van der Waals surface area contributed by atoms with Crippen LogP contribution in [0.4, 0.5) is 0 Å². The molecule has 0 bridgehead atoms. The monoisotopic (exact) mass is 248 g/mol. The summed E-state index contributed by atoms with van der Waals surface area (Å²) in [5.41, 5.74) is 0.